The normalized spacial score (nSPS) is 18.3. The van der Waals surface area contributed by atoms with Crippen molar-refractivity contribution in [2.24, 2.45) is 0 Å². The summed E-state index contributed by atoms with van der Waals surface area (Å²) in [6.07, 6.45) is 0. The first kappa shape index (κ1) is 16.7. The Bertz CT molecular complexity index is 867. The minimum Gasteiger partial charge on any atom is -0.378 e. The highest BCUT2D eigenvalue weighted by atomic mass is 32.1. The summed E-state index contributed by atoms with van der Waals surface area (Å²) in [5.74, 6) is 1.89. The lowest BCUT2D eigenvalue weighted by atomic mass is 10.3. The number of rotatable bonds is 3. The summed E-state index contributed by atoms with van der Waals surface area (Å²) in [4.78, 5) is 11.7. The van der Waals surface area contributed by atoms with Crippen molar-refractivity contribution in [3.63, 3.8) is 0 Å². The molecule has 3 aromatic rings. The SMILES string of the molecule is c1ccc2sc(N3CCN(c4ccc(N5CCOCC5)nn4)CC3)nc2c1. The van der Waals surface area contributed by atoms with Gasteiger partial charge in [0.2, 0.25) is 0 Å². The van der Waals surface area contributed by atoms with Crippen molar-refractivity contribution in [3.05, 3.63) is 36.4 Å². The molecule has 5 rings (SSSR count). The number of nitrogens with zero attached hydrogens (tertiary/aromatic N) is 6. The molecule has 0 saturated carbocycles. The second kappa shape index (κ2) is 7.28. The third-order valence-electron chi connectivity index (χ3n) is 5.13. The molecule has 0 amide bonds. The van der Waals surface area contributed by atoms with E-state index < -0.39 is 0 Å². The lowest BCUT2D eigenvalue weighted by molar-refractivity contribution is 0.122. The summed E-state index contributed by atoms with van der Waals surface area (Å²) in [5.41, 5.74) is 1.09. The van der Waals surface area contributed by atoms with Crippen LogP contribution in [-0.2, 0) is 4.74 Å². The van der Waals surface area contributed by atoms with Gasteiger partial charge in [-0.05, 0) is 24.3 Å². The summed E-state index contributed by atoms with van der Waals surface area (Å²) >= 11 is 1.77. The van der Waals surface area contributed by atoms with Gasteiger partial charge in [-0.3, -0.25) is 0 Å². The van der Waals surface area contributed by atoms with E-state index in [0.717, 1.165) is 74.8 Å². The van der Waals surface area contributed by atoms with Crippen LogP contribution in [0.15, 0.2) is 36.4 Å². The van der Waals surface area contributed by atoms with Crippen molar-refractivity contribution in [3.8, 4) is 0 Å². The van der Waals surface area contributed by atoms with Crippen LogP contribution >= 0.6 is 11.3 Å². The molecule has 0 spiro atoms. The second-order valence-electron chi connectivity index (χ2n) is 6.79. The fourth-order valence-corrected chi connectivity index (χ4v) is 4.59. The maximum atomic E-state index is 5.40. The molecule has 1 aromatic carbocycles. The number of fused-ring (bicyclic) bond motifs is 1. The van der Waals surface area contributed by atoms with Crippen LogP contribution in [0.1, 0.15) is 0 Å². The molecule has 0 atom stereocenters. The highest BCUT2D eigenvalue weighted by Crippen LogP contribution is 2.29. The Hall–Kier alpha value is -2.45. The van der Waals surface area contributed by atoms with Crippen LogP contribution in [0, 0.1) is 0 Å². The summed E-state index contributed by atoms with van der Waals surface area (Å²) in [5, 5.41) is 10.0. The van der Waals surface area contributed by atoms with Gasteiger partial charge in [0, 0.05) is 39.3 Å². The number of aromatic nitrogens is 3. The van der Waals surface area contributed by atoms with E-state index in [2.05, 4.69) is 55.2 Å². The highest BCUT2D eigenvalue weighted by molar-refractivity contribution is 7.22. The van der Waals surface area contributed by atoms with Gasteiger partial charge in [-0.1, -0.05) is 23.5 Å². The monoisotopic (exact) mass is 382 g/mol. The van der Waals surface area contributed by atoms with E-state index in [-0.39, 0.29) is 0 Å². The van der Waals surface area contributed by atoms with Crippen LogP contribution in [0.3, 0.4) is 0 Å². The molecule has 7 nitrogen and oxygen atoms in total. The quantitative estimate of drug-likeness (QED) is 0.689. The van der Waals surface area contributed by atoms with Gasteiger partial charge >= 0.3 is 0 Å². The van der Waals surface area contributed by atoms with E-state index in [4.69, 9.17) is 9.72 Å². The molecule has 2 saturated heterocycles. The van der Waals surface area contributed by atoms with E-state index in [1.807, 2.05) is 6.07 Å². The van der Waals surface area contributed by atoms with Gasteiger partial charge in [-0.15, -0.1) is 10.2 Å². The molecule has 27 heavy (non-hydrogen) atoms. The number of piperazine rings is 1. The third kappa shape index (κ3) is 3.42. The van der Waals surface area contributed by atoms with Crippen molar-refractivity contribution in [2.45, 2.75) is 0 Å². The Morgan fingerprint density at radius 1 is 0.741 bits per heavy atom. The van der Waals surface area contributed by atoms with Gasteiger partial charge in [0.15, 0.2) is 16.8 Å². The Labute approximate surface area is 162 Å². The number of thiazole rings is 1. The number of morpholine rings is 1. The van der Waals surface area contributed by atoms with Crippen molar-refractivity contribution in [1.82, 2.24) is 15.2 Å². The number of benzene rings is 1. The Balaban J connectivity index is 1.23. The molecule has 2 aliphatic heterocycles. The molecule has 0 N–H and O–H groups in total. The maximum absolute atomic E-state index is 5.40. The maximum Gasteiger partial charge on any atom is 0.186 e. The zero-order valence-electron chi connectivity index (χ0n) is 15.1. The molecule has 8 heteroatoms. The molecule has 2 fully saturated rings. The second-order valence-corrected chi connectivity index (χ2v) is 7.80. The lowest BCUT2D eigenvalue weighted by Gasteiger charge is -2.35. The van der Waals surface area contributed by atoms with Crippen LogP contribution in [-0.4, -0.2) is 67.7 Å². The lowest BCUT2D eigenvalue weighted by Crippen LogP contribution is -2.47. The van der Waals surface area contributed by atoms with Crippen LogP contribution in [0.25, 0.3) is 10.2 Å². The van der Waals surface area contributed by atoms with Crippen molar-refractivity contribution in [2.75, 3.05) is 67.2 Å². The smallest absolute Gasteiger partial charge is 0.186 e. The molecule has 140 valence electrons. The van der Waals surface area contributed by atoms with E-state index in [1.54, 1.807) is 11.3 Å². The summed E-state index contributed by atoms with van der Waals surface area (Å²) in [7, 11) is 0. The number of ether oxygens (including phenoxy) is 1. The fourth-order valence-electron chi connectivity index (χ4n) is 3.57. The Kier molecular flexibility index (Phi) is 4.51. The topological polar surface area (TPSA) is 57.6 Å². The molecule has 2 aromatic heterocycles. The summed E-state index contributed by atoms with van der Waals surface area (Å²) in [6.45, 7) is 7.06. The van der Waals surface area contributed by atoms with E-state index in [0.29, 0.717) is 0 Å². The van der Waals surface area contributed by atoms with Gasteiger partial charge in [0.1, 0.15) is 0 Å². The minimum atomic E-state index is 0.761. The largest absolute Gasteiger partial charge is 0.378 e. The van der Waals surface area contributed by atoms with Crippen LogP contribution in [0.2, 0.25) is 0 Å². The van der Waals surface area contributed by atoms with Gasteiger partial charge < -0.3 is 19.4 Å². The first-order valence-corrected chi connectivity index (χ1v) is 10.2. The first-order chi connectivity index (χ1) is 13.4. The van der Waals surface area contributed by atoms with Gasteiger partial charge in [0.05, 0.1) is 23.4 Å². The first-order valence-electron chi connectivity index (χ1n) is 9.39. The predicted octanol–water partition coefficient (Wildman–Crippen LogP) is 2.25. The molecular weight excluding hydrogens is 360 g/mol. The number of hydrogen-bond acceptors (Lipinski definition) is 8. The fraction of sp³-hybridized carbons (Fsp3) is 0.421. The number of para-hydroxylation sites is 1. The average Bonchev–Trinajstić information content (AvgIpc) is 3.19. The standard InChI is InChI=1S/C19H22N6OS/c1-2-4-16-15(3-1)20-19(27-16)25-9-7-23(8-10-25)17-5-6-18(22-21-17)24-11-13-26-14-12-24/h1-6H,7-14H2. The molecular formula is C19H22N6OS. The predicted molar refractivity (Wildman–Crippen MR) is 109 cm³/mol. The third-order valence-corrected chi connectivity index (χ3v) is 6.23. The molecule has 0 unspecified atom stereocenters. The van der Waals surface area contributed by atoms with E-state index >= 15 is 0 Å². The zero-order valence-corrected chi connectivity index (χ0v) is 15.9. The van der Waals surface area contributed by atoms with Crippen molar-refractivity contribution >= 4 is 38.3 Å². The van der Waals surface area contributed by atoms with Crippen LogP contribution in [0.5, 0.6) is 0 Å². The Morgan fingerprint density at radius 3 is 2.04 bits per heavy atom. The summed E-state index contributed by atoms with van der Waals surface area (Å²) < 4.78 is 6.65. The Morgan fingerprint density at radius 2 is 1.37 bits per heavy atom. The van der Waals surface area contributed by atoms with Crippen molar-refractivity contribution < 1.29 is 4.74 Å². The van der Waals surface area contributed by atoms with Crippen molar-refractivity contribution in [1.29, 1.82) is 0 Å². The zero-order chi connectivity index (χ0) is 18.1. The highest BCUT2D eigenvalue weighted by Gasteiger charge is 2.21. The minimum absolute atomic E-state index is 0.761. The average molecular weight is 382 g/mol. The van der Waals surface area contributed by atoms with Crippen LogP contribution < -0.4 is 14.7 Å². The van der Waals surface area contributed by atoms with Gasteiger partial charge in [-0.25, -0.2) is 4.98 Å². The molecule has 0 aliphatic carbocycles. The molecule has 0 bridgehead atoms. The summed E-state index contributed by atoms with van der Waals surface area (Å²) in [6, 6.07) is 12.5. The van der Waals surface area contributed by atoms with E-state index in [9.17, 15) is 0 Å². The van der Waals surface area contributed by atoms with Crippen LogP contribution in [0.4, 0.5) is 16.8 Å². The molecule has 0 radical (unpaired) electrons. The number of anilines is 3. The number of hydrogen-bond donors (Lipinski definition) is 0. The van der Waals surface area contributed by atoms with E-state index in [1.165, 1.54) is 4.70 Å². The molecule has 2 aliphatic rings. The molecule has 4 heterocycles. The van der Waals surface area contributed by atoms with Gasteiger partial charge in [-0.2, -0.15) is 0 Å². The van der Waals surface area contributed by atoms with Gasteiger partial charge in [0.25, 0.3) is 0 Å².